The van der Waals surface area contributed by atoms with Crippen LogP contribution in [0.3, 0.4) is 0 Å². The van der Waals surface area contributed by atoms with Gasteiger partial charge in [0.2, 0.25) is 9.84 Å². The first-order valence-electron chi connectivity index (χ1n) is 8.83. The first-order chi connectivity index (χ1) is 13.6. The second-order valence-electron chi connectivity index (χ2n) is 6.81. The number of sulfone groups is 1. The largest absolute Gasteiger partial charge is 0.280 e. The maximum absolute atomic E-state index is 12.7. The molecule has 8 heteroatoms. The van der Waals surface area contributed by atoms with Gasteiger partial charge in [-0.3, -0.25) is 4.72 Å². The number of rotatable bonds is 6. The van der Waals surface area contributed by atoms with Gasteiger partial charge in [-0.25, -0.2) is 16.8 Å². The zero-order chi connectivity index (χ0) is 21.2. The van der Waals surface area contributed by atoms with Crippen molar-refractivity contribution in [3.63, 3.8) is 0 Å². The molecule has 5 nitrogen and oxygen atoms in total. The lowest BCUT2D eigenvalue weighted by Crippen LogP contribution is -2.13. The molecule has 0 bridgehead atoms. The predicted molar refractivity (Wildman–Crippen MR) is 115 cm³/mol. The highest BCUT2D eigenvalue weighted by Gasteiger charge is 2.19. The summed E-state index contributed by atoms with van der Waals surface area (Å²) in [5, 5.41) is 0.440. The maximum atomic E-state index is 12.7. The van der Waals surface area contributed by atoms with Crippen LogP contribution in [0.25, 0.3) is 0 Å². The lowest BCUT2D eigenvalue weighted by molar-refractivity contribution is 0.596. The van der Waals surface area contributed by atoms with Crippen LogP contribution in [0.5, 0.6) is 0 Å². The Kier molecular flexibility index (Phi) is 6.03. The number of hydrogen-bond acceptors (Lipinski definition) is 4. The Morgan fingerprint density at radius 2 is 1.14 bits per heavy atom. The summed E-state index contributed by atoms with van der Waals surface area (Å²) >= 11 is 5.80. The average molecular weight is 450 g/mol. The zero-order valence-electron chi connectivity index (χ0n) is 15.8. The molecule has 29 heavy (non-hydrogen) atoms. The number of halogens is 1. The first kappa shape index (κ1) is 21.4. The van der Waals surface area contributed by atoms with Crippen molar-refractivity contribution in [2.45, 2.75) is 34.5 Å². The van der Waals surface area contributed by atoms with Gasteiger partial charge in [0.05, 0.1) is 14.7 Å². The summed E-state index contributed by atoms with van der Waals surface area (Å²) in [7, 11) is -7.49. The molecule has 0 heterocycles. The van der Waals surface area contributed by atoms with Crippen LogP contribution in [-0.4, -0.2) is 16.8 Å². The van der Waals surface area contributed by atoms with Crippen molar-refractivity contribution in [1.29, 1.82) is 0 Å². The molecular formula is C21H20ClNO4S2. The van der Waals surface area contributed by atoms with Crippen LogP contribution in [0.2, 0.25) is 5.02 Å². The molecule has 0 aliphatic carbocycles. The van der Waals surface area contributed by atoms with Gasteiger partial charge in [-0.1, -0.05) is 37.6 Å². The minimum Gasteiger partial charge on any atom is -0.280 e. The lowest BCUT2D eigenvalue weighted by Gasteiger charge is -2.11. The van der Waals surface area contributed by atoms with Crippen LogP contribution in [0.15, 0.2) is 87.5 Å². The molecule has 0 saturated carbocycles. The molecular weight excluding hydrogens is 430 g/mol. The monoisotopic (exact) mass is 449 g/mol. The predicted octanol–water partition coefficient (Wildman–Crippen LogP) is 5.10. The van der Waals surface area contributed by atoms with Crippen molar-refractivity contribution >= 4 is 37.1 Å². The molecule has 0 amide bonds. The number of benzene rings is 3. The van der Waals surface area contributed by atoms with E-state index in [4.69, 9.17) is 11.6 Å². The van der Waals surface area contributed by atoms with E-state index in [0.29, 0.717) is 10.9 Å². The Morgan fingerprint density at radius 3 is 1.62 bits per heavy atom. The summed E-state index contributed by atoms with van der Waals surface area (Å²) in [5.41, 5.74) is 1.31. The summed E-state index contributed by atoms with van der Waals surface area (Å²) < 4.78 is 53.0. The normalized spacial score (nSPS) is 12.1. The molecule has 1 N–H and O–H groups in total. The van der Waals surface area contributed by atoms with Gasteiger partial charge < -0.3 is 0 Å². The fraction of sp³-hybridized carbons (Fsp3) is 0.143. The second kappa shape index (κ2) is 8.18. The van der Waals surface area contributed by atoms with Gasteiger partial charge in [0.1, 0.15) is 0 Å². The van der Waals surface area contributed by atoms with E-state index in [1.54, 1.807) is 24.3 Å². The van der Waals surface area contributed by atoms with Crippen molar-refractivity contribution in [2.75, 3.05) is 4.72 Å². The number of anilines is 1. The van der Waals surface area contributed by atoms with Gasteiger partial charge in [0.25, 0.3) is 10.0 Å². The summed E-state index contributed by atoms with van der Waals surface area (Å²) in [5.74, 6) is 0.301. The Hall–Kier alpha value is -2.35. The van der Waals surface area contributed by atoms with Gasteiger partial charge in [-0.2, -0.15) is 0 Å². The Morgan fingerprint density at radius 1 is 0.690 bits per heavy atom. The molecule has 0 atom stereocenters. The van der Waals surface area contributed by atoms with E-state index in [2.05, 4.69) is 4.72 Å². The molecule has 0 radical (unpaired) electrons. The van der Waals surface area contributed by atoms with Crippen molar-refractivity contribution in [3.8, 4) is 0 Å². The van der Waals surface area contributed by atoms with Gasteiger partial charge in [0.15, 0.2) is 0 Å². The maximum Gasteiger partial charge on any atom is 0.261 e. The van der Waals surface area contributed by atoms with E-state index in [1.807, 2.05) is 13.8 Å². The molecule has 3 aromatic rings. The molecule has 0 aliphatic rings. The van der Waals surface area contributed by atoms with Gasteiger partial charge in [0, 0.05) is 10.7 Å². The fourth-order valence-electron chi connectivity index (χ4n) is 2.70. The summed E-state index contributed by atoms with van der Waals surface area (Å²) in [6, 6.07) is 18.1. The fourth-order valence-corrected chi connectivity index (χ4v) is 5.14. The van der Waals surface area contributed by atoms with E-state index in [1.165, 1.54) is 48.5 Å². The minimum absolute atomic E-state index is 0.0593. The molecule has 3 rings (SSSR count). The standard InChI is InChI=1S/C21H20ClNO4S2/c1-15(2)16-3-9-21(10-4-16)29(26,27)23-18-7-13-20(14-8-18)28(24,25)19-11-5-17(22)6-12-19/h3-15,23H,1-2H3. The minimum atomic E-state index is -3.78. The topological polar surface area (TPSA) is 80.3 Å². The third-order valence-electron chi connectivity index (χ3n) is 4.40. The number of sulfonamides is 1. The first-order valence-corrected chi connectivity index (χ1v) is 12.2. The Bertz CT molecular complexity index is 1200. The highest BCUT2D eigenvalue weighted by Crippen LogP contribution is 2.25. The van der Waals surface area contributed by atoms with Crippen LogP contribution in [0.4, 0.5) is 5.69 Å². The van der Waals surface area contributed by atoms with E-state index in [0.717, 1.165) is 5.56 Å². The quantitative estimate of drug-likeness (QED) is 0.567. The highest BCUT2D eigenvalue weighted by molar-refractivity contribution is 7.92. The van der Waals surface area contributed by atoms with Crippen molar-refractivity contribution in [1.82, 2.24) is 0 Å². The van der Waals surface area contributed by atoms with Gasteiger partial charge in [-0.05, 0) is 72.1 Å². The van der Waals surface area contributed by atoms with Crippen LogP contribution in [-0.2, 0) is 19.9 Å². The molecule has 0 saturated heterocycles. The summed E-state index contributed by atoms with van der Waals surface area (Å²) in [6.45, 7) is 4.06. The third kappa shape index (κ3) is 4.80. The smallest absolute Gasteiger partial charge is 0.261 e. The van der Waals surface area contributed by atoms with E-state index in [-0.39, 0.29) is 20.4 Å². The number of nitrogens with one attached hydrogen (secondary N) is 1. The van der Waals surface area contributed by atoms with Crippen molar-refractivity contribution < 1.29 is 16.8 Å². The highest BCUT2D eigenvalue weighted by atomic mass is 35.5. The lowest BCUT2D eigenvalue weighted by atomic mass is 10.0. The second-order valence-corrected chi connectivity index (χ2v) is 10.9. The van der Waals surface area contributed by atoms with Crippen LogP contribution >= 0.6 is 11.6 Å². The van der Waals surface area contributed by atoms with E-state index >= 15 is 0 Å². The summed E-state index contributed by atoms with van der Waals surface area (Å²) in [6.07, 6.45) is 0. The van der Waals surface area contributed by atoms with Gasteiger partial charge >= 0.3 is 0 Å². The Labute approximate surface area is 176 Å². The van der Waals surface area contributed by atoms with Crippen LogP contribution in [0.1, 0.15) is 25.3 Å². The SMILES string of the molecule is CC(C)c1ccc(S(=O)(=O)Nc2ccc(S(=O)(=O)c3ccc(Cl)cc3)cc2)cc1. The number of hydrogen-bond donors (Lipinski definition) is 1. The molecule has 0 unspecified atom stereocenters. The van der Waals surface area contributed by atoms with Crippen LogP contribution < -0.4 is 4.72 Å². The van der Waals surface area contributed by atoms with Crippen molar-refractivity contribution in [2.24, 2.45) is 0 Å². The molecule has 152 valence electrons. The average Bonchev–Trinajstić information content (AvgIpc) is 2.68. The summed E-state index contributed by atoms with van der Waals surface area (Å²) in [4.78, 5) is 0.310. The molecule has 0 aromatic heterocycles. The van der Waals surface area contributed by atoms with E-state index < -0.39 is 19.9 Å². The third-order valence-corrected chi connectivity index (χ3v) is 7.83. The molecule has 0 aliphatic heterocycles. The van der Waals surface area contributed by atoms with Crippen LogP contribution in [0, 0.1) is 0 Å². The van der Waals surface area contributed by atoms with Crippen molar-refractivity contribution in [3.05, 3.63) is 83.4 Å². The van der Waals surface area contributed by atoms with Gasteiger partial charge in [-0.15, -0.1) is 0 Å². The van der Waals surface area contributed by atoms with E-state index in [9.17, 15) is 16.8 Å². The molecule has 0 spiro atoms. The molecule has 3 aromatic carbocycles. The zero-order valence-corrected chi connectivity index (χ0v) is 18.2. The Balaban J connectivity index is 1.82. The molecule has 0 fully saturated rings.